The van der Waals surface area contributed by atoms with Crippen LogP contribution in [-0.4, -0.2) is 64.2 Å². The van der Waals surface area contributed by atoms with Crippen molar-refractivity contribution in [3.63, 3.8) is 0 Å². The van der Waals surface area contributed by atoms with Gasteiger partial charge in [0.25, 0.3) is 0 Å². The van der Waals surface area contributed by atoms with Crippen LogP contribution < -0.4 is 0 Å². The van der Waals surface area contributed by atoms with E-state index in [1.165, 1.54) is 31.2 Å². The summed E-state index contributed by atoms with van der Waals surface area (Å²) in [6.07, 6.45) is 20.3. The first kappa shape index (κ1) is 31.2. The Bertz CT molecular complexity index is 1280. The number of ether oxygens (including phenoxy) is 1. The van der Waals surface area contributed by atoms with Crippen LogP contribution >= 0.6 is 0 Å². The Morgan fingerprint density at radius 3 is 2.30 bits per heavy atom. The summed E-state index contributed by atoms with van der Waals surface area (Å²) < 4.78 is 6.13. The molecule has 3 fully saturated rings. The topological polar surface area (TPSA) is 117 Å². The van der Waals surface area contributed by atoms with Crippen molar-refractivity contribution in [3.8, 4) is 0 Å². The fourth-order valence-electron chi connectivity index (χ4n) is 8.91. The Kier molecular flexibility index (Phi) is 9.26. The van der Waals surface area contributed by atoms with E-state index in [1.807, 2.05) is 6.20 Å². The minimum Gasteiger partial charge on any atom is -0.478 e. The number of aromatic nitrogens is 1. The number of hydrogen-bond donors (Lipinski definition) is 2. The first-order valence-electron chi connectivity index (χ1n) is 15.8. The van der Waals surface area contributed by atoms with Gasteiger partial charge in [0.1, 0.15) is 6.10 Å². The zero-order chi connectivity index (χ0) is 30.8. The van der Waals surface area contributed by atoms with E-state index in [4.69, 9.17) is 14.9 Å². The molecule has 2 saturated carbocycles. The minimum absolute atomic E-state index is 0.0642. The summed E-state index contributed by atoms with van der Waals surface area (Å²) in [4.78, 5) is 38.7. The lowest BCUT2D eigenvalue weighted by molar-refractivity contribution is -0.158. The molecule has 0 unspecified atom stereocenters. The number of pyridine rings is 1. The van der Waals surface area contributed by atoms with Crippen molar-refractivity contribution in [2.75, 3.05) is 20.1 Å². The number of carbonyl (C=O) groups excluding carboxylic acids is 1. The fraction of sp³-hybridized carbons (Fsp3) is 0.600. The Hall–Kier alpha value is -3.26. The normalized spacial score (nSPS) is 34.0. The van der Waals surface area contributed by atoms with E-state index in [-0.39, 0.29) is 28.8 Å². The maximum absolute atomic E-state index is 12.9. The van der Waals surface area contributed by atoms with Gasteiger partial charge in [-0.2, -0.15) is 0 Å². The van der Waals surface area contributed by atoms with Gasteiger partial charge in [0.15, 0.2) is 0 Å². The second-order valence-corrected chi connectivity index (χ2v) is 13.7. The number of allylic oxidation sites excluding steroid dienone is 3. The summed E-state index contributed by atoms with van der Waals surface area (Å²) >= 11 is 0. The molecule has 6 rings (SSSR count). The average Bonchev–Trinajstić information content (AvgIpc) is 3.34. The second kappa shape index (κ2) is 12.8. The van der Waals surface area contributed by atoms with Gasteiger partial charge in [-0.25, -0.2) is 9.59 Å². The van der Waals surface area contributed by atoms with Crippen LogP contribution in [0.1, 0.15) is 77.2 Å². The lowest BCUT2D eigenvalue weighted by Crippen LogP contribution is -2.50. The molecule has 0 amide bonds. The standard InChI is InChI=1S/C31H42N2O2.C4H4O4/c1-30-14-10-24(35-29(34)21-12-17-33(3)18-13-21)19-23(30)6-7-25-27-9-8-26(22-5-4-16-32-20-22)31(27,2)15-11-28(25)30;5-3(6)1-2-4(7)8/h4-6,8,16,20-21,24-25,27-28H,7,9-15,17-19H2,1-3H3;1-2H,(H,5,6)(H,7,8)/b;2-1+/t24-,25-,27-,28-,30-,31+;/m0./s1. The largest absolute Gasteiger partial charge is 0.478 e. The first-order chi connectivity index (χ1) is 20.5. The quantitative estimate of drug-likeness (QED) is 0.244. The molecular weight excluding hydrogens is 544 g/mol. The summed E-state index contributed by atoms with van der Waals surface area (Å²) in [5.41, 5.74) is 5.00. The predicted octanol–water partition coefficient (Wildman–Crippen LogP) is 6.00. The molecule has 1 aliphatic heterocycles. The van der Waals surface area contributed by atoms with Crippen molar-refractivity contribution in [3.05, 3.63) is 60.0 Å². The fourth-order valence-corrected chi connectivity index (χ4v) is 8.91. The first-order valence-corrected chi connectivity index (χ1v) is 15.8. The van der Waals surface area contributed by atoms with E-state index in [1.54, 1.807) is 11.1 Å². The zero-order valence-electron chi connectivity index (χ0n) is 25.7. The number of carbonyl (C=O) groups is 3. The van der Waals surface area contributed by atoms with Crippen molar-refractivity contribution in [2.45, 2.75) is 77.7 Å². The van der Waals surface area contributed by atoms with E-state index in [2.05, 4.69) is 61.3 Å². The SMILES string of the molecule is CN1CCC(C(=O)O[C@H]2CC[C@@]3(C)C(=CC[C@@H]4[C@@H]3CC[C@]3(C)C(c5cccnc5)=CC[C@@H]43)C2)CC1.O=C(O)/C=C/C(=O)O. The molecule has 232 valence electrons. The van der Waals surface area contributed by atoms with Crippen molar-refractivity contribution in [1.29, 1.82) is 0 Å². The van der Waals surface area contributed by atoms with Crippen molar-refractivity contribution in [1.82, 2.24) is 9.88 Å². The highest BCUT2D eigenvalue weighted by Gasteiger charge is 2.57. The van der Waals surface area contributed by atoms with Crippen LogP contribution in [-0.2, 0) is 19.1 Å². The Morgan fingerprint density at radius 1 is 0.953 bits per heavy atom. The maximum atomic E-state index is 12.9. The molecule has 5 aliphatic rings. The van der Waals surface area contributed by atoms with Crippen molar-refractivity contribution < 1.29 is 29.3 Å². The maximum Gasteiger partial charge on any atom is 0.328 e. The van der Waals surface area contributed by atoms with Gasteiger partial charge in [0.05, 0.1) is 5.92 Å². The lowest BCUT2D eigenvalue weighted by Gasteiger charge is -2.58. The molecule has 0 spiro atoms. The van der Waals surface area contributed by atoms with Gasteiger partial charge >= 0.3 is 17.9 Å². The minimum atomic E-state index is -1.26. The number of piperidine rings is 1. The average molecular weight is 591 g/mol. The Balaban J connectivity index is 0.000000407. The number of carboxylic acid groups (broad SMARTS) is 2. The Labute approximate surface area is 254 Å². The molecule has 1 aromatic rings. The van der Waals surface area contributed by atoms with Gasteiger partial charge in [-0.15, -0.1) is 0 Å². The van der Waals surface area contributed by atoms with Crippen molar-refractivity contribution in [2.24, 2.45) is 34.5 Å². The molecule has 2 N–H and O–H groups in total. The third kappa shape index (κ3) is 6.49. The van der Waals surface area contributed by atoms with Crippen LogP contribution in [0.3, 0.4) is 0 Å². The summed E-state index contributed by atoms with van der Waals surface area (Å²) in [7, 11) is 2.14. The molecule has 0 bridgehead atoms. The third-order valence-electron chi connectivity index (χ3n) is 11.3. The number of hydrogen-bond acceptors (Lipinski definition) is 6. The highest BCUT2D eigenvalue weighted by Crippen LogP contribution is 2.66. The van der Waals surface area contributed by atoms with Gasteiger partial charge in [-0.1, -0.05) is 37.6 Å². The van der Waals surface area contributed by atoms with Crippen LogP contribution in [0.2, 0.25) is 0 Å². The molecule has 8 nitrogen and oxygen atoms in total. The lowest BCUT2D eigenvalue weighted by atomic mass is 9.47. The van der Waals surface area contributed by atoms with Gasteiger partial charge < -0.3 is 19.8 Å². The summed E-state index contributed by atoms with van der Waals surface area (Å²) in [5.74, 6) is -0.108. The van der Waals surface area contributed by atoms with Gasteiger partial charge in [0.2, 0.25) is 0 Å². The van der Waals surface area contributed by atoms with Gasteiger partial charge in [-0.05, 0) is 117 Å². The molecule has 0 radical (unpaired) electrons. The molecule has 6 atom stereocenters. The number of carboxylic acids is 2. The van der Waals surface area contributed by atoms with E-state index < -0.39 is 11.9 Å². The summed E-state index contributed by atoms with van der Waals surface area (Å²) in [6.45, 7) is 7.08. The van der Waals surface area contributed by atoms with Crippen LogP contribution in [0.25, 0.3) is 5.57 Å². The highest BCUT2D eigenvalue weighted by atomic mass is 16.5. The zero-order valence-corrected chi connectivity index (χ0v) is 25.7. The number of nitrogens with zero attached hydrogens (tertiary/aromatic N) is 2. The molecule has 1 saturated heterocycles. The molecule has 1 aromatic heterocycles. The molecule has 0 aromatic carbocycles. The van der Waals surface area contributed by atoms with Crippen LogP contribution in [0.5, 0.6) is 0 Å². The van der Waals surface area contributed by atoms with Crippen molar-refractivity contribution >= 4 is 23.5 Å². The second-order valence-electron chi connectivity index (χ2n) is 13.7. The van der Waals surface area contributed by atoms with Crippen LogP contribution in [0.4, 0.5) is 0 Å². The molecule has 43 heavy (non-hydrogen) atoms. The van der Waals surface area contributed by atoms with Gasteiger partial charge in [-0.3, -0.25) is 9.78 Å². The van der Waals surface area contributed by atoms with E-state index in [0.29, 0.717) is 12.2 Å². The van der Waals surface area contributed by atoms with Crippen LogP contribution in [0.15, 0.2) is 54.4 Å². The number of fused-ring (bicyclic) bond motifs is 5. The molecule has 4 aliphatic carbocycles. The third-order valence-corrected chi connectivity index (χ3v) is 11.3. The molecular formula is C35H46N2O6. The van der Waals surface area contributed by atoms with E-state index >= 15 is 0 Å². The van der Waals surface area contributed by atoms with E-state index in [0.717, 1.165) is 62.9 Å². The summed E-state index contributed by atoms with van der Waals surface area (Å²) in [5, 5.41) is 15.6. The number of rotatable bonds is 5. The highest BCUT2D eigenvalue weighted by molar-refractivity contribution is 5.89. The predicted molar refractivity (Wildman–Crippen MR) is 164 cm³/mol. The number of esters is 1. The number of aliphatic carboxylic acids is 2. The molecule has 8 heteroatoms. The monoisotopic (exact) mass is 590 g/mol. The van der Waals surface area contributed by atoms with Gasteiger partial charge in [0, 0.05) is 31.0 Å². The summed E-state index contributed by atoms with van der Waals surface area (Å²) in [6, 6.07) is 4.32. The number of likely N-dealkylation sites (tertiary alicyclic amines) is 1. The molecule has 2 heterocycles. The smallest absolute Gasteiger partial charge is 0.328 e. The van der Waals surface area contributed by atoms with E-state index in [9.17, 15) is 14.4 Å². The van der Waals surface area contributed by atoms with Crippen LogP contribution in [0, 0.1) is 34.5 Å². The Morgan fingerprint density at radius 2 is 1.65 bits per heavy atom.